The van der Waals surface area contributed by atoms with Gasteiger partial charge in [0.1, 0.15) is 6.54 Å². The van der Waals surface area contributed by atoms with Gasteiger partial charge in [-0.2, -0.15) is 0 Å². The van der Waals surface area contributed by atoms with Crippen molar-refractivity contribution in [3.63, 3.8) is 0 Å². The molecule has 1 rings (SSSR count). The van der Waals surface area contributed by atoms with Crippen molar-refractivity contribution in [1.29, 1.82) is 0 Å². The molecule has 0 aliphatic heterocycles. The van der Waals surface area contributed by atoms with Gasteiger partial charge in [-0.15, -0.1) is 11.3 Å². The topological polar surface area (TPSA) is 57.6 Å². The smallest absolute Gasteiger partial charge is 0.323 e. The van der Waals surface area contributed by atoms with Gasteiger partial charge in [-0.1, -0.05) is 0 Å². The van der Waals surface area contributed by atoms with Crippen LogP contribution in [0.5, 0.6) is 0 Å². The van der Waals surface area contributed by atoms with Crippen LogP contribution in [0.2, 0.25) is 0 Å². The fourth-order valence-corrected chi connectivity index (χ4v) is 3.74. The molecule has 0 aliphatic rings. The highest BCUT2D eigenvalue weighted by Crippen LogP contribution is 2.32. The van der Waals surface area contributed by atoms with Crippen molar-refractivity contribution >= 4 is 55.1 Å². The number of hydrogen-bond donors (Lipinski definition) is 1. The van der Waals surface area contributed by atoms with E-state index in [9.17, 15) is 9.59 Å². The normalized spacial score (nSPS) is 10.1. The molecule has 4 nitrogen and oxygen atoms in total. The van der Waals surface area contributed by atoms with E-state index in [4.69, 9.17) is 5.11 Å². The van der Waals surface area contributed by atoms with Crippen molar-refractivity contribution in [2.24, 2.45) is 0 Å². The molecular formula is C8H7Br2NO3S. The summed E-state index contributed by atoms with van der Waals surface area (Å²) in [4.78, 5) is 23.3. The summed E-state index contributed by atoms with van der Waals surface area (Å²) in [6, 6.07) is 1.66. The van der Waals surface area contributed by atoms with E-state index in [2.05, 4.69) is 31.9 Å². The zero-order valence-corrected chi connectivity index (χ0v) is 11.6. The Morgan fingerprint density at radius 3 is 2.53 bits per heavy atom. The molecule has 1 amide bonds. The van der Waals surface area contributed by atoms with E-state index in [1.165, 1.54) is 18.4 Å². The van der Waals surface area contributed by atoms with E-state index in [1.807, 2.05) is 0 Å². The van der Waals surface area contributed by atoms with Crippen LogP contribution in [0.25, 0.3) is 0 Å². The summed E-state index contributed by atoms with van der Waals surface area (Å²) in [5.74, 6) is -1.34. The molecule has 1 N–H and O–H groups in total. The van der Waals surface area contributed by atoms with Gasteiger partial charge in [-0.3, -0.25) is 9.59 Å². The number of thiophene rings is 1. The number of rotatable bonds is 3. The van der Waals surface area contributed by atoms with Crippen molar-refractivity contribution in [1.82, 2.24) is 4.90 Å². The predicted octanol–water partition coefficient (Wildman–Crippen LogP) is 2.43. The van der Waals surface area contributed by atoms with Crippen LogP contribution >= 0.6 is 43.2 Å². The first kappa shape index (κ1) is 12.7. The van der Waals surface area contributed by atoms with Crippen LogP contribution in [-0.2, 0) is 4.79 Å². The van der Waals surface area contributed by atoms with Gasteiger partial charge in [0.25, 0.3) is 5.91 Å². The van der Waals surface area contributed by atoms with Crippen LogP contribution in [0.4, 0.5) is 0 Å². The lowest BCUT2D eigenvalue weighted by molar-refractivity contribution is -0.137. The Balaban J connectivity index is 2.84. The third-order valence-corrected chi connectivity index (χ3v) is 3.95. The van der Waals surface area contributed by atoms with Gasteiger partial charge in [-0.25, -0.2) is 0 Å². The zero-order valence-electron chi connectivity index (χ0n) is 7.66. The summed E-state index contributed by atoms with van der Waals surface area (Å²) in [6.45, 7) is -0.307. The Morgan fingerprint density at radius 1 is 1.53 bits per heavy atom. The van der Waals surface area contributed by atoms with Gasteiger partial charge < -0.3 is 10.0 Å². The minimum Gasteiger partial charge on any atom is -0.480 e. The monoisotopic (exact) mass is 355 g/mol. The third kappa shape index (κ3) is 3.29. The molecule has 0 radical (unpaired) electrons. The fraction of sp³-hybridized carbons (Fsp3) is 0.250. The van der Waals surface area contributed by atoms with E-state index >= 15 is 0 Å². The second-order valence-corrected chi connectivity index (χ2v) is 6.54. The molecule has 0 saturated carbocycles. The molecule has 0 spiro atoms. The second kappa shape index (κ2) is 5.09. The maximum absolute atomic E-state index is 11.7. The largest absolute Gasteiger partial charge is 0.480 e. The number of aliphatic carboxylic acids is 1. The van der Waals surface area contributed by atoms with E-state index in [0.29, 0.717) is 9.35 Å². The lowest BCUT2D eigenvalue weighted by atomic mass is 10.3. The standard InChI is InChI=1S/C8H7Br2NO3S/c1-11(3-6(12)13)8(14)4-2-5(9)15-7(4)10/h2H,3H2,1H3,(H,12,13). The summed E-state index contributed by atoms with van der Waals surface area (Å²) >= 11 is 7.87. The van der Waals surface area contributed by atoms with Crippen LogP contribution in [0.15, 0.2) is 13.6 Å². The summed E-state index contributed by atoms with van der Waals surface area (Å²) in [5.41, 5.74) is 0.468. The summed E-state index contributed by atoms with van der Waals surface area (Å²) in [7, 11) is 1.45. The van der Waals surface area contributed by atoms with Crippen LogP contribution in [0.3, 0.4) is 0 Å². The molecule has 7 heteroatoms. The SMILES string of the molecule is CN(CC(=O)O)C(=O)c1cc(Br)sc1Br. The molecule has 0 atom stereocenters. The molecule has 15 heavy (non-hydrogen) atoms. The number of hydrogen-bond acceptors (Lipinski definition) is 3. The molecule has 1 heterocycles. The van der Waals surface area contributed by atoms with E-state index in [0.717, 1.165) is 8.69 Å². The van der Waals surface area contributed by atoms with Crippen molar-refractivity contribution in [2.45, 2.75) is 0 Å². The molecule has 0 bridgehead atoms. The zero-order chi connectivity index (χ0) is 11.6. The molecule has 1 aromatic heterocycles. The number of carbonyl (C=O) groups excluding carboxylic acids is 1. The van der Waals surface area contributed by atoms with Gasteiger partial charge in [0, 0.05) is 7.05 Å². The van der Waals surface area contributed by atoms with E-state index in [1.54, 1.807) is 6.07 Å². The van der Waals surface area contributed by atoms with Crippen molar-refractivity contribution in [3.8, 4) is 0 Å². The number of carboxylic acids is 1. The Bertz CT molecular complexity index is 405. The van der Waals surface area contributed by atoms with Gasteiger partial charge in [0.05, 0.1) is 13.1 Å². The van der Waals surface area contributed by atoms with E-state index in [-0.39, 0.29) is 12.5 Å². The molecule has 82 valence electrons. The second-order valence-electron chi connectivity index (χ2n) is 2.79. The first-order valence-corrected chi connectivity index (χ1v) is 6.24. The number of likely N-dealkylation sites (N-methyl/N-ethyl adjacent to an activating group) is 1. The van der Waals surface area contributed by atoms with Crippen LogP contribution in [0.1, 0.15) is 10.4 Å². The Labute approximate surface area is 107 Å². The Kier molecular flexibility index (Phi) is 4.30. The minimum atomic E-state index is -1.03. The summed E-state index contributed by atoms with van der Waals surface area (Å²) < 4.78 is 1.51. The molecule has 0 fully saturated rings. The average Bonchev–Trinajstić information content (AvgIpc) is 2.42. The number of amides is 1. The van der Waals surface area contributed by atoms with Crippen molar-refractivity contribution < 1.29 is 14.7 Å². The van der Waals surface area contributed by atoms with Crippen molar-refractivity contribution in [2.75, 3.05) is 13.6 Å². The molecule has 0 aliphatic carbocycles. The molecular weight excluding hydrogens is 350 g/mol. The summed E-state index contributed by atoms with van der Waals surface area (Å²) in [5, 5.41) is 8.54. The lowest BCUT2D eigenvalue weighted by Crippen LogP contribution is -2.31. The Morgan fingerprint density at radius 2 is 2.13 bits per heavy atom. The van der Waals surface area contributed by atoms with Gasteiger partial charge in [0.2, 0.25) is 0 Å². The van der Waals surface area contributed by atoms with Gasteiger partial charge in [0.15, 0.2) is 0 Å². The number of nitrogens with zero attached hydrogens (tertiary/aromatic N) is 1. The maximum Gasteiger partial charge on any atom is 0.323 e. The van der Waals surface area contributed by atoms with Gasteiger partial charge >= 0.3 is 5.97 Å². The summed E-state index contributed by atoms with van der Waals surface area (Å²) in [6.07, 6.45) is 0. The average molecular weight is 357 g/mol. The maximum atomic E-state index is 11.7. The molecule has 0 unspecified atom stereocenters. The highest BCUT2D eigenvalue weighted by Gasteiger charge is 2.18. The van der Waals surface area contributed by atoms with Crippen LogP contribution in [-0.4, -0.2) is 35.5 Å². The highest BCUT2D eigenvalue weighted by molar-refractivity contribution is 9.12. The lowest BCUT2D eigenvalue weighted by Gasteiger charge is -2.13. The number of halogens is 2. The quantitative estimate of drug-likeness (QED) is 0.904. The van der Waals surface area contributed by atoms with Crippen LogP contribution in [0, 0.1) is 0 Å². The van der Waals surface area contributed by atoms with Crippen LogP contribution < -0.4 is 0 Å². The fourth-order valence-electron chi connectivity index (χ4n) is 0.966. The van der Waals surface area contributed by atoms with Crippen molar-refractivity contribution in [3.05, 3.63) is 19.2 Å². The third-order valence-electron chi connectivity index (χ3n) is 1.61. The molecule has 1 aromatic rings. The molecule has 0 saturated heterocycles. The minimum absolute atomic E-state index is 0.307. The van der Waals surface area contributed by atoms with Gasteiger partial charge in [-0.05, 0) is 37.9 Å². The number of carboxylic acid groups (broad SMARTS) is 1. The Hall–Kier alpha value is -0.400. The predicted molar refractivity (Wildman–Crippen MR) is 64.3 cm³/mol. The van der Waals surface area contributed by atoms with E-state index < -0.39 is 5.97 Å². The molecule has 0 aromatic carbocycles. The highest BCUT2D eigenvalue weighted by atomic mass is 79.9. The first-order valence-electron chi connectivity index (χ1n) is 3.84. The number of carbonyl (C=O) groups is 2. The first-order chi connectivity index (χ1) is 6.91.